The molecule has 0 unspecified atom stereocenters. The third-order valence-corrected chi connectivity index (χ3v) is 11.7. The first kappa shape index (κ1) is 35.2. The summed E-state index contributed by atoms with van der Waals surface area (Å²) in [6.07, 6.45) is 0. The monoisotopic (exact) mass is 765 g/mol. The maximum absolute atomic E-state index is 6.45. The number of hydrogen-bond donors (Lipinski definition) is 0. The van der Waals surface area contributed by atoms with E-state index in [1.165, 1.54) is 49.7 Å². The molecule has 11 aromatic rings. The molecule has 0 aliphatic heterocycles. The Hall–Kier alpha value is -7.94. The Kier molecular flexibility index (Phi) is 8.87. The lowest BCUT2D eigenvalue weighted by Crippen LogP contribution is -2.10. The van der Waals surface area contributed by atoms with Crippen LogP contribution in [0.25, 0.3) is 88.3 Å². The molecule has 0 atom stereocenters. The molecule has 10 aromatic carbocycles. The Bertz CT molecular complexity index is 3310. The molecule has 2 heteroatoms. The van der Waals surface area contributed by atoms with E-state index in [2.05, 4.69) is 229 Å². The van der Waals surface area contributed by atoms with Crippen LogP contribution in [0.5, 0.6) is 0 Å². The Labute approximate surface area is 349 Å². The molecular formula is C58H39NO. The summed E-state index contributed by atoms with van der Waals surface area (Å²) >= 11 is 0. The lowest BCUT2D eigenvalue weighted by molar-refractivity contribution is 0.670. The first-order valence-corrected chi connectivity index (χ1v) is 20.5. The zero-order chi connectivity index (χ0) is 39.8. The lowest BCUT2D eigenvalue weighted by atomic mass is 9.84. The van der Waals surface area contributed by atoms with Gasteiger partial charge in [-0.1, -0.05) is 194 Å². The maximum atomic E-state index is 6.45. The third kappa shape index (κ3) is 6.32. The minimum atomic E-state index is 0.903. The summed E-state index contributed by atoms with van der Waals surface area (Å²) in [5.41, 5.74) is 16.7. The van der Waals surface area contributed by atoms with Crippen molar-refractivity contribution < 1.29 is 4.42 Å². The molecule has 0 radical (unpaired) electrons. The predicted octanol–water partition coefficient (Wildman–Crippen LogP) is 16.5. The van der Waals surface area contributed by atoms with Crippen molar-refractivity contribution in [3.8, 4) is 55.6 Å². The van der Waals surface area contributed by atoms with E-state index in [1.54, 1.807) is 0 Å². The van der Waals surface area contributed by atoms with Crippen molar-refractivity contribution in [3.63, 3.8) is 0 Å². The Morgan fingerprint density at radius 3 is 1.60 bits per heavy atom. The SMILES string of the molecule is c1ccc(-c2ccccc2-c2c(-c3ccccc3)cccc2-c2cccc(N(c3ccc(-c4cccc5c4oc4ccccc45)cc3)c3ccc4ccccc4c3)c2)cc1. The number of fused-ring (bicyclic) bond motifs is 4. The van der Waals surface area contributed by atoms with Crippen molar-refractivity contribution >= 4 is 49.8 Å². The number of furan rings is 1. The summed E-state index contributed by atoms with van der Waals surface area (Å²) < 4.78 is 6.45. The van der Waals surface area contributed by atoms with Gasteiger partial charge in [-0.3, -0.25) is 0 Å². The molecule has 0 spiro atoms. The first-order valence-electron chi connectivity index (χ1n) is 20.5. The van der Waals surface area contributed by atoms with Crippen molar-refractivity contribution in [1.29, 1.82) is 0 Å². The van der Waals surface area contributed by atoms with Crippen LogP contribution in [0.4, 0.5) is 17.1 Å². The lowest BCUT2D eigenvalue weighted by Gasteiger charge is -2.27. The Morgan fingerprint density at radius 2 is 0.800 bits per heavy atom. The van der Waals surface area contributed by atoms with Gasteiger partial charge in [-0.2, -0.15) is 0 Å². The van der Waals surface area contributed by atoms with Gasteiger partial charge in [0.25, 0.3) is 0 Å². The average Bonchev–Trinajstić information content (AvgIpc) is 3.71. The van der Waals surface area contributed by atoms with Crippen LogP contribution < -0.4 is 4.90 Å². The fourth-order valence-electron chi connectivity index (χ4n) is 8.85. The van der Waals surface area contributed by atoms with Gasteiger partial charge >= 0.3 is 0 Å². The normalized spacial score (nSPS) is 11.3. The van der Waals surface area contributed by atoms with Gasteiger partial charge in [0.2, 0.25) is 0 Å². The van der Waals surface area contributed by atoms with Crippen molar-refractivity contribution in [2.45, 2.75) is 0 Å². The van der Waals surface area contributed by atoms with E-state index < -0.39 is 0 Å². The second-order valence-corrected chi connectivity index (χ2v) is 15.3. The highest BCUT2D eigenvalue weighted by Crippen LogP contribution is 2.46. The minimum Gasteiger partial charge on any atom is -0.455 e. The molecule has 0 saturated heterocycles. The second kappa shape index (κ2) is 15.1. The van der Waals surface area contributed by atoms with Crippen molar-refractivity contribution in [2.24, 2.45) is 0 Å². The zero-order valence-electron chi connectivity index (χ0n) is 32.9. The molecule has 2 nitrogen and oxygen atoms in total. The highest BCUT2D eigenvalue weighted by Gasteiger charge is 2.20. The number of nitrogens with zero attached hydrogens (tertiary/aromatic N) is 1. The molecule has 282 valence electrons. The molecule has 0 fully saturated rings. The van der Waals surface area contributed by atoms with Crippen molar-refractivity contribution in [1.82, 2.24) is 0 Å². The van der Waals surface area contributed by atoms with Gasteiger partial charge in [-0.05, 0) is 103 Å². The summed E-state index contributed by atoms with van der Waals surface area (Å²) in [7, 11) is 0. The van der Waals surface area contributed by atoms with E-state index in [0.717, 1.165) is 55.7 Å². The summed E-state index contributed by atoms with van der Waals surface area (Å²) in [5, 5.41) is 4.67. The number of para-hydroxylation sites is 2. The summed E-state index contributed by atoms with van der Waals surface area (Å²) in [6, 6.07) is 84.9. The van der Waals surface area contributed by atoms with Crippen molar-refractivity contribution in [2.75, 3.05) is 4.90 Å². The van der Waals surface area contributed by atoms with Gasteiger partial charge in [0, 0.05) is 33.4 Å². The Balaban J connectivity index is 1.08. The fourth-order valence-corrected chi connectivity index (χ4v) is 8.85. The third-order valence-electron chi connectivity index (χ3n) is 11.7. The van der Waals surface area contributed by atoms with E-state index in [9.17, 15) is 0 Å². The maximum Gasteiger partial charge on any atom is 0.143 e. The van der Waals surface area contributed by atoms with Crippen LogP contribution in [0.15, 0.2) is 241 Å². The summed E-state index contributed by atoms with van der Waals surface area (Å²) in [4.78, 5) is 2.38. The number of anilines is 3. The van der Waals surface area contributed by atoms with E-state index in [0.29, 0.717) is 0 Å². The largest absolute Gasteiger partial charge is 0.455 e. The van der Waals surface area contributed by atoms with Crippen LogP contribution in [0, 0.1) is 0 Å². The van der Waals surface area contributed by atoms with Crippen LogP contribution in [0.1, 0.15) is 0 Å². The summed E-state index contributed by atoms with van der Waals surface area (Å²) in [5.74, 6) is 0. The molecule has 0 amide bonds. The smallest absolute Gasteiger partial charge is 0.143 e. The molecule has 0 aliphatic carbocycles. The van der Waals surface area contributed by atoms with Crippen LogP contribution in [-0.2, 0) is 0 Å². The number of hydrogen-bond acceptors (Lipinski definition) is 2. The topological polar surface area (TPSA) is 16.4 Å². The molecular weight excluding hydrogens is 727 g/mol. The van der Waals surface area contributed by atoms with Gasteiger partial charge in [-0.15, -0.1) is 0 Å². The van der Waals surface area contributed by atoms with E-state index >= 15 is 0 Å². The zero-order valence-corrected chi connectivity index (χ0v) is 32.9. The molecule has 1 heterocycles. The van der Waals surface area contributed by atoms with Gasteiger partial charge < -0.3 is 9.32 Å². The molecule has 0 aliphatic rings. The van der Waals surface area contributed by atoms with Crippen molar-refractivity contribution in [3.05, 3.63) is 237 Å². The second-order valence-electron chi connectivity index (χ2n) is 15.3. The first-order chi connectivity index (χ1) is 29.8. The summed E-state index contributed by atoms with van der Waals surface area (Å²) in [6.45, 7) is 0. The average molecular weight is 766 g/mol. The van der Waals surface area contributed by atoms with E-state index in [4.69, 9.17) is 4.42 Å². The molecule has 60 heavy (non-hydrogen) atoms. The quantitative estimate of drug-likeness (QED) is 0.153. The molecule has 1 aromatic heterocycles. The molecule has 0 bridgehead atoms. The van der Waals surface area contributed by atoms with Gasteiger partial charge in [0.05, 0.1) is 0 Å². The minimum absolute atomic E-state index is 0.903. The number of benzene rings is 10. The van der Waals surface area contributed by atoms with Gasteiger partial charge in [0.1, 0.15) is 11.2 Å². The predicted molar refractivity (Wildman–Crippen MR) is 253 cm³/mol. The Morgan fingerprint density at radius 1 is 0.283 bits per heavy atom. The van der Waals surface area contributed by atoms with Crippen LogP contribution >= 0.6 is 0 Å². The van der Waals surface area contributed by atoms with Gasteiger partial charge in [0.15, 0.2) is 0 Å². The molecule has 0 saturated carbocycles. The fraction of sp³-hybridized carbons (Fsp3) is 0. The van der Waals surface area contributed by atoms with Gasteiger partial charge in [-0.25, -0.2) is 0 Å². The van der Waals surface area contributed by atoms with E-state index in [1.807, 2.05) is 12.1 Å². The highest BCUT2D eigenvalue weighted by molar-refractivity contribution is 6.09. The molecule has 0 N–H and O–H groups in total. The van der Waals surface area contributed by atoms with Crippen LogP contribution in [-0.4, -0.2) is 0 Å². The standard InChI is InChI=1S/C58H39NO/c1-3-17-41(18-4-1)49-24-9-10-26-54(49)57-50(42-19-5-2-6-20-42)27-14-28-51(57)45-22-13-23-47(39-45)59(48-37-32-40-16-7-8-21-44(40)38-48)46-35-33-43(34-36-46)52-29-15-30-55-53-25-11-12-31-56(53)60-58(52)55/h1-39H. The number of rotatable bonds is 8. The highest BCUT2D eigenvalue weighted by atomic mass is 16.3. The van der Waals surface area contributed by atoms with E-state index in [-0.39, 0.29) is 0 Å². The van der Waals surface area contributed by atoms with Crippen LogP contribution in [0.3, 0.4) is 0 Å². The molecule has 11 rings (SSSR count). The van der Waals surface area contributed by atoms with Crippen LogP contribution in [0.2, 0.25) is 0 Å².